The molecule has 0 atom stereocenters. The van der Waals surface area contributed by atoms with Crippen molar-refractivity contribution in [2.24, 2.45) is 0 Å². The van der Waals surface area contributed by atoms with Crippen molar-refractivity contribution in [3.8, 4) is 5.75 Å². The molecule has 1 fully saturated rings. The summed E-state index contributed by atoms with van der Waals surface area (Å²) in [5, 5.41) is 3.57. The van der Waals surface area contributed by atoms with Crippen LogP contribution in [0.2, 0.25) is 0 Å². The lowest BCUT2D eigenvalue weighted by Gasteiger charge is -2.24. The summed E-state index contributed by atoms with van der Waals surface area (Å²) in [7, 11) is 0. The predicted molar refractivity (Wildman–Crippen MR) is 117 cm³/mol. The lowest BCUT2D eigenvalue weighted by molar-refractivity contribution is 0.306. The van der Waals surface area contributed by atoms with Gasteiger partial charge in [0.05, 0.1) is 11.4 Å². The molecule has 4 heteroatoms. The molecule has 0 bridgehead atoms. The SMILES string of the molecule is Nc1ccc(C(Nc2ccc(OCc3ccccc3)cc2)=C2CCC2)cc1N. The number of benzene rings is 3. The second kappa shape index (κ2) is 8.09. The molecule has 0 aliphatic heterocycles. The van der Waals surface area contributed by atoms with Crippen LogP contribution in [0.15, 0.2) is 78.4 Å². The molecule has 5 N–H and O–H groups in total. The largest absolute Gasteiger partial charge is 0.489 e. The number of nitrogens with one attached hydrogen (secondary N) is 1. The molecule has 28 heavy (non-hydrogen) atoms. The molecule has 0 heterocycles. The van der Waals surface area contributed by atoms with E-state index >= 15 is 0 Å². The molecule has 0 radical (unpaired) electrons. The van der Waals surface area contributed by atoms with Gasteiger partial charge in [0.1, 0.15) is 12.4 Å². The highest BCUT2D eigenvalue weighted by atomic mass is 16.5. The lowest BCUT2D eigenvalue weighted by Crippen LogP contribution is -2.09. The Morgan fingerprint density at radius 1 is 0.857 bits per heavy atom. The lowest BCUT2D eigenvalue weighted by atomic mass is 9.88. The second-order valence-corrected chi connectivity index (χ2v) is 7.10. The monoisotopic (exact) mass is 371 g/mol. The van der Waals surface area contributed by atoms with Gasteiger partial charge in [0, 0.05) is 16.9 Å². The van der Waals surface area contributed by atoms with Crippen LogP contribution in [-0.4, -0.2) is 0 Å². The average molecular weight is 371 g/mol. The summed E-state index contributed by atoms with van der Waals surface area (Å²) >= 11 is 0. The molecule has 1 saturated carbocycles. The number of hydrogen-bond donors (Lipinski definition) is 3. The van der Waals surface area contributed by atoms with E-state index in [1.165, 1.54) is 12.0 Å². The molecular formula is C24H25N3O. The van der Waals surface area contributed by atoms with Crippen molar-refractivity contribution in [1.82, 2.24) is 0 Å². The molecule has 0 spiro atoms. The number of rotatable bonds is 6. The molecule has 1 aliphatic carbocycles. The normalized spacial score (nSPS) is 12.9. The van der Waals surface area contributed by atoms with Crippen molar-refractivity contribution >= 4 is 22.8 Å². The molecule has 0 unspecified atom stereocenters. The van der Waals surface area contributed by atoms with Gasteiger partial charge in [-0.25, -0.2) is 0 Å². The molecule has 142 valence electrons. The molecular weight excluding hydrogens is 346 g/mol. The van der Waals surface area contributed by atoms with E-state index in [1.807, 2.05) is 60.7 Å². The zero-order valence-corrected chi connectivity index (χ0v) is 15.8. The Balaban J connectivity index is 1.48. The van der Waals surface area contributed by atoms with Crippen molar-refractivity contribution in [3.63, 3.8) is 0 Å². The van der Waals surface area contributed by atoms with Gasteiger partial charge in [-0.15, -0.1) is 0 Å². The summed E-state index contributed by atoms with van der Waals surface area (Å²) in [6.07, 6.45) is 3.47. The van der Waals surface area contributed by atoms with E-state index in [2.05, 4.69) is 17.4 Å². The fraction of sp³-hybridized carbons (Fsp3) is 0.167. The first-order valence-electron chi connectivity index (χ1n) is 9.60. The minimum absolute atomic E-state index is 0.563. The molecule has 0 amide bonds. The van der Waals surface area contributed by atoms with E-state index < -0.39 is 0 Å². The van der Waals surface area contributed by atoms with Crippen molar-refractivity contribution in [1.29, 1.82) is 0 Å². The van der Waals surface area contributed by atoms with Crippen LogP contribution in [0.5, 0.6) is 5.75 Å². The van der Waals surface area contributed by atoms with Gasteiger partial charge in [0.25, 0.3) is 0 Å². The smallest absolute Gasteiger partial charge is 0.119 e. The van der Waals surface area contributed by atoms with Crippen molar-refractivity contribution in [3.05, 3.63) is 89.5 Å². The standard InChI is InChI=1S/C24H25N3O/c25-22-14-9-19(15-23(22)26)24(18-7-4-8-18)27-20-10-12-21(13-11-20)28-16-17-5-2-1-3-6-17/h1-3,5-6,9-15,27H,4,7-8,16,25-26H2. The van der Waals surface area contributed by atoms with Crippen LogP contribution in [-0.2, 0) is 6.61 Å². The molecule has 3 aromatic rings. The number of allylic oxidation sites excluding steroid dienone is 1. The zero-order valence-electron chi connectivity index (χ0n) is 15.8. The number of hydrogen-bond acceptors (Lipinski definition) is 4. The fourth-order valence-electron chi connectivity index (χ4n) is 3.22. The first kappa shape index (κ1) is 18.0. The maximum Gasteiger partial charge on any atom is 0.119 e. The predicted octanol–water partition coefficient (Wildman–Crippen LogP) is 5.44. The number of nitrogens with two attached hydrogens (primary N) is 2. The third-order valence-corrected chi connectivity index (χ3v) is 5.06. The molecule has 1 aliphatic rings. The van der Waals surface area contributed by atoms with Crippen LogP contribution >= 0.6 is 0 Å². The van der Waals surface area contributed by atoms with E-state index in [-0.39, 0.29) is 0 Å². The molecule has 3 aromatic carbocycles. The quantitative estimate of drug-likeness (QED) is 0.505. The summed E-state index contributed by atoms with van der Waals surface area (Å²) in [6.45, 7) is 0.563. The Bertz CT molecular complexity index is 972. The van der Waals surface area contributed by atoms with Crippen LogP contribution in [0.3, 0.4) is 0 Å². The van der Waals surface area contributed by atoms with Crippen LogP contribution in [0.1, 0.15) is 30.4 Å². The highest BCUT2D eigenvalue weighted by molar-refractivity contribution is 5.82. The summed E-state index contributed by atoms with van der Waals surface area (Å²) < 4.78 is 5.88. The number of ether oxygens (including phenoxy) is 1. The van der Waals surface area contributed by atoms with Crippen LogP contribution < -0.4 is 21.5 Å². The maximum atomic E-state index is 6.02. The Kier molecular flexibility index (Phi) is 5.20. The molecule has 0 saturated heterocycles. The van der Waals surface area contributed by atoms with E-state index in [0.717, 1.165) is 41.1 Å². The fourth-order valence-corrected chi connectivity index (χ4v) is 3.22. The molecule has 0 aromatic heterocycles. The first-order valence-corrected chi connectivity index (χ1v) is 9.60. The van der Waals surface area contributed by atoms with Gasteiger partial charge in [0.2, 0.25) is 0 Å². The van der Waals surface area contributed by atoms with Crippen LogP contribution in [0.4, 0.5) is 17.1 Å². The highest BCUT2D eigenvalue weighted by Gasteiger charge is 2.17. The topological polar surface area (TPSA) is 73.3 Å². The van der Waals surface area contributed by atoms with Gasteiger partial charge >= 0.3 is 0 Å². The van der Waals surface area contributed by atoms with Gasteiger partial charge in [-0.05, 0) is 66.8 Å². The molecule has 4 nitrogen and oxygen atoms in total. The van der Waals surface area contributed by atoms with Crippen molar-refractivity contribution < 1.29 is 4.74 Å². The van der Waals surface area contributed by atoms with Gasteiger partial charge < -0.3 is 21.5 Å². The van der Waals surface area contributed by atoms with Crippen LogP contribution in [0, 0.1) is 0 Å². The third kappa shape index (κ3) is 4.12. The first-order chi connectivity index (χ1) is 13.7. The average Bonchev–Trinajstić information content (AvgIpc) is 2.68. The van der Waals surface area contributed by atoms with E-state index in [4.69, 9.17) is 16.2 Å². The minimum Gasteiger partial charge on any atom is -0.489 e. The minimum atomic E-state index is 0.563. The van der Waals surface area contributed by atoms with Gasteiger partial charge in [0.15, 0.2) is 0 Å². The molecule has 4 rings (SSSR count). The Hall–Kier alpha value is -3.40. The highest BCUT2D eigenvalue weighted by Crippen LogP contribution is 2.35. The van der Waals surface area contributed by atoms with E-state index in [0.29, 0.717) is 18.0 Å². The van der Waals surface area contributed by atoms with Crippen molar-refractivity contribution in [2.45, 2.75) is 25.9 Å². The Morgan fingerprint density at radius 3 is 2.25 bits per heavy atom. The summed E-state index contributed by atoms with van der Waals surface area (Å²) in [4.78, 5) is 0. The summed E-state index contributed by atoms with van der Waals surface area (Å²) in [5.74, 6) is 0.851. The van der Waals surface area contributed by atoms with Gasteiger partial charge in [-0.3, -0.25) is 0 Å². The van der Waals surface area contributed by atoms with Crippen LogP contribution in [0.25, 0.3) is 5.70 Å². The third-order valence-electron chi connectivity index (χ3n) is 5.06. The summed E-state index contributed by atoms with van der Waals surface area (Å²) in [6, 6.07) is 24.1. The number of anilines is 3. The second-order valence-electron chi connectivity index (χ2n) is 7.10. The number of nitrogen functional groups attached to an aromatic ring is 2. The van der Waals surface area contributed by atoms with Gasteiger partial charge in [-0.2, -0.15) is 0 Å². The van der Waals surface area contributed by atoms with E-state index in [1.54, 1.807) is 0 Å². The van der Waals surface area contributed by atoms with Gasteiger partial charge in [-0.1, -0.05) is 36.4 Å². The Morgan fingerprint density at radius 2 is 1.61 bits per heavy atom. The Labute approximate surface area is 165 Å². The zero-order chi connectivity index (χ0) is 19.3. The maximum absolute atomic E-state index is 6.02. The van der Waals surface area contributed by atoms with Crippen molar-refractivity contribution in [2.75, 3.05) is 16.8 Å². The summed E-state index contributed by atoms with van der Waals surface area (Å²) in [5.41, 5.74) is 18.9. The van der Waals surface area contributed by atoms with E-state index in [9.17, 15) is 0 Å².